The molecule has 0 aliphatic carbocycles. The SMILES string of the molecule is CCSCCSc1nc(N)c2ncn([C@@H]3O[C@H](COP(=O)(O)O)[C@@H](O)[C@H]3O)c2n1. The molecule has 0 saturated carbocycles. The minimum absolute atomic E-state index is 0.175. The summed E-state index contributed by atoms with van der Waals surface area (Å²) in [6.45, 7) is 1.48. The Morgan fingerprint density at radius 1 is 1.31 bits per heavy atom. The molecular formula is C14H22N5O7PS2. The van der Waals surface area contributed by atoms with E-state index in [4.69, 9.17) is 20.3 Å². The van der Waals surface area contributed by atoms with Gasteiger partial charge in [0, 0.05) is 11.5 Å². The van der Waals surface area contributed by atoms with Gasteiger partial charge < -0.3 is 30.5 Å². The van der Waals surface area contributed by atoms with E-state index in [1.165, 1.54) is 22.7 Å². The second-order valence-electron chi connectivity index (χ2n) is 6.09. The molecule has 0 unspecified atom stereocenters. The monoisotopic (exact) mass is 467 g/mol. The summed E-state index contributed by atoms with van der Waals surface area (Å²) in [5.74, 6) is 2.91. The van der Waals surface area contributed by atoms with E-state index in [-0.39, 0.29) is 5.82 Å². The fourth-order valence-corrected chi connectivity index (χ4v) is 4.70. The first-order valence-electron chi connectivity index (χ1n) is 8.63. The predicted octanol–water partition coefficient (Wildman–Crippen LogP) is -0.0178. The maximum atomic E-state index is 10.9. The van der Waals surface area contributed by atoms with Crippen LogP contribution in [-0.4, -0.2) is 81.7 Å². The molecule has 15 heteroatoms. The number of fused-ring (bicyclic) bond motifs is 1. The van der Waals surface area contributed by atoms with E-state index in [0.29, 0.717) is 16.3 Å². The molecule has 0 amide bonds. The Morgan fingerprint density at radius 3 is 2.76 bits per heavy atom. The number of phosphoric ester groups is 1. The van der Waals surface area contributed by atoms with Crippen molar-refractivity contribution in [2.75, 3.05) is 29.6 Å². The summed E-state index contributed by atoms with van der Waals surface area (Å²) in [4.78, 5) is 30.5. The van der Waals surface area contributed by atoms with Crippen molar-refractivity contribution < 1.29 is 33.8 Å². The average Bonchev–Trinajstić information content (AvgIpc) is 3.19. The van der Waals surface area contributed by atoms with Crippen molar-refractivity contribution in [3.8, 4) is 0 Å². The van der Waals surface area contributed by atoms with Gasteiger partial charge in [-0.1, -0.05) is 18.7 Å². The average molecular weight is 467 g/mol. The normalized spacial score (nSPS) is 25.1. The molecule has 1 aliphatic heterocycles. The lowest BCUT2D eigenvalue weighted by Crippen LogP contribution is -2.33. The number of nitrogens with two attached hydrogens (primary N) is 1. The Labute approximate surface area is 174 Å². The number of nitrogen functional groups attached to an aromatic ring is 1. The third-order valence-electron chi connectivity index (χ3n) is 4.11. The van der Waals surface area contributed by atoms with Crippen molar-refractivity contribution in [3.63, 3.8) is 0 Å². The molecule has 4 atom stereocenters. The van der Waals surface area contributed by atoms with Crippen molar-refractivity contribution >= 4 is 48.3 Å². The standard InChI is InChI=1S/C14H22N5O7PS2/c1-2-28-3-4-29-14-17-11(15)8-12(18-14)19(6-16-8)13-10(21)9(20)7(26-13)5-25-27(22,23)24/h6-7,9-10,13,20-21H,2-5H2,1H3,(H2,15,17,18)(H2,22,23,24)/t7-,9-,10-,13-/m1/s1. The quantitative estimate of drug-likeness (QED) is 0.143. The Morgan fingerprint density at radius 2 is 2.07 bits per heavy atom. The van der Waals surface area contributed by atoms with Crippen LogP contribution < -0.4 is 5.73 Å². The third kappa shape index (κ3) is 5.40. The zero-order valence-corrected chi connectivity index (χ0v) is 17.9. The van der Waals surface area contributed by atoms with Crippen molar-refractivity contribution in [1.82, 2.24) is 19.5 Å². The molecule has 162 valence electrons. The van der Waals surface area contributed by atoms with Crippen LogP contribution >= 0.6 is 31.3 Å². The largest absolute Gasteiger partial charge is 0.469 e. The smallest absolute Gasteiger partial charge is 0.387 e. The number of aliphatic hydroxyl groups is 2. The van der Waals surface area contributed by atoms with E-state index < -0.39 is 39.0 Å². The van der Waals surface area contributed by atoms with Crippen LogP contribution in [0.5, 0.6) is 0 Å². The zero-order valence-electron chi connectivity index (χ0n) is 15.4. The minimum atomic E-state index is -4.75. The van der Waals surface area contributed by atoms with Crippen LogP contribution in [0.15, 0.2) is 11.5 Å². The van der Waals surface area contributed by atoms with E-state index >= 15 is 0 Å². The summed E-state index contributed by atoms with van der Waals surface area (Å²) < 4.78 is 22.2. The van der Waals surface area contributed by atoms with Crippen LogP contribution in [0.25, 0.3) is 11.2 Å². The molecular weight excluding hydrogens is 445 g/mol. The van der Waals surface area contributed by atoms with Gasteiger partial charge in [0.15, 0.2) is 22.8 Å². The Bertz CT molecular complexity index is 897. The lowest BCUT2D eigenvalue weighted by molar-refractivity contribution is -0.0504. The van der Waals surface area contributed by atoms with Crippen molar-refractivity contribution in [2.45, 2.75) is 36.6 Å². The van der Waals surface area contributed by atoms with Crippen LogP contribution in [0, 0.1) is 0 Å². The van der Waals surface area contributed by atoms with E-state index in [1.54, 1.807) is 11.8 Å². The highest BCUT2D eigenvalue weighted by Gasteiger charge is 2.45. The summed E-state index contributed by atoms with van der Waals surface area (Å²) in [6, 6.07) is 0. The number of nitrogens with zero attached hydrogens (tertiary/aromatic N) is 4. The fourth-order valence-electron chi connectivity index (χ4n) is 2.77. The molecule has 12 nitrogen and oxygen atoms in total. The topological polar surface area (TPSA) is 186 Å². The predicted molar refractivity (Wildman–Crippen MR) is 107 cm³/mol. The van der Waals surface area contributed by atoms with Gasteiger partial charge in [-0.2, -0.15) is 11.8 Å². The lowest BCUT2D eigenvalue weighted by atomic mass is 10.1. The van der Waals surface area contributed by atoms with Gasteiger partial charge in [-0.25, -0.2) is 19.5 Å². The molecule has 1 fully saturated rings. The van der Waals surface area contributed by atoms with Crippen LogP contribution in [0.4, 0.5) is 5.82 Å². The summed E-state index contributed by atoms with van der Waals surface area (Å²) in [5.41, 5.74) is 6.61. The first-order chi connectivity index (χ1) is 13.7. The van der Waals surface area contributed by atoms with Crippen LogP contribution in [0.2, 0.25) is 0 Å². The van der Waals surface area contributed by atoms with E-state index in [2.05, 4.69) is 26.4 Å². The molecule has 2 aromatic heterocycles. The maximum absolute atomic E-state index is 10.9. The summed E-state index contributed by atoms with van der Waals surface area (Å²) in [7, 11) is -4.75. The second-order valence-corrected chi connectivity index (χ2v) is 9.79. The molecule has 2 aromatic rings. The molecule has 0 spiro atoms. The molecule has 1 aliphatic rings. The van der Waals surface area contributed by atoms with Crippen molar-refractivity contribution in [1.29, 1.82) is 0 Å². The van der Waals surface area contributed by atoms with Gasteiger partial charge in [0.05, 0.1) is 12.9 Å². The lowest BCUT2D eigenvalue weighted by Gasteiger charge is -2.17. The molecule has 1 saturated heterocycles. The summed E-state index contributed by atoms with van der Waals surface area (Å²) >= 11 is 3.23. The number of thioether (sulfide) groups is 2. The first-order valence-corrected chi connectivity index (χ1v) is 12.3. The van der Waals surface area contributed by atoms with Gasteiger partial charge in [-0.05, 0) is 5.75 Å². The number of hydrogen-bond acceptors (Lipinski definition) is 11. The van der Waals surface area contributed by atoms with Crippen LogP contribution in [0.1, 0.15) is 13.2 Å². The zero-order chi connectivity index (χ0) is 21.2. The van der Waals surface area contributed by atoms with Gasteiger partial charge >= 0.3 is 7.82 Å². The molecule has 6 N–H and O–H groups in total. The number of aromatic nitrogens is 4. The fraction of sp³-hybridized carbons (Fsp3) is 0.643. The summed E-state index contributed by atoms with van der Waals surface area (Å²) in [5, 5.41) is 21.0. The number of anilines is 1. The number of imidazole rings is 1. The van der Waals surface area contributed by atoms with E-state index in [1.807, 2.05) is 0 Å². The number of rotatable bonds is 9. The molecule has 0 bridgehead atoms. The number of aliphatic hydroxyl groups excluding tert-OH is 2. The van der Waals surface area contributed by atoms with Gasteiger partial charge in [0.1, 0.15) is 23.8 Å². The number of ether oxygens (including phenoxy) is 1. The second kappa shape index (κ2) is 9.45. The van der Waals surface area contributed by atoms with E-state index in [0.717, 1.165) is 17.3 Å². The van der Waals surface area contributed by atoms with Gasteiger partial charge in [-0.15, -0.1) is 0 Å². The molecule has 0 radical (unpaired) electrons. The van der Waals surface area contributed by atoms with Gasteiger partial charge in [0.25, 0.3) is 0 Å². The highest BCUT2D eigenvalue weighted by Crippen LogP contribution is 2.39. The third-order valence-corrected chi connectivity index (χ3v) is 6.60. The Kier molecular flexibility index (Phi) is 7.41. The highest BCUT2D eigenvalue weighted by molar-refractivity contribution is 8.02. The highest BCUT2D eigenvalue weighted by atomic mass is 32.2. The molecule has 29 heavy (non-hydrogen) atoms. The van der Waals surface area contributed by atoms with E-state index in [9.17, 15) is 14.8 Å². The molecule has 0 aromatic carbocycles. The van der Waals surface area contributed by atoms with Gasteiger partial charge in [0.2, 0.25) is 0 Å². The minimum Gasteiger partial charge on any atom is -0.387 e. The number of hydrogen-bond donors (Lipinski definition) is 5. The van der Waals surface area contributed by atoms with Crippen LogP contribution in [0.3, 0.4) is 0 Å². The Balaban J connectivity index is 1.81. The first kappa shape index (κ1) is 22.7. The van der Waals surface area contributed by atoms with Crippen molar-refractivity contribution in [3.05, 3.63) is 6.33 Å². The Hall–Kier alpha value is -0.960. The van der Waals surface area contributed by atoms with Gasteiger partial charge in [-0.3, -0.25) is 9.09 Å². The molecule has 3 heterocycles. The van der Waals surface area contributed by atoms with Crippen molar-refractivity contribution in [2.24, 2.45) is 0 Å². The maximum Gasteiger partial charge on any atom is 0.469 e. The van der Waals surface area contributed by atoms with Crippen LogP contribution in [-0.2, 0) is 13.8 Å². The number of phosphoric acid groups is 1. The summed E-state index contributed by atoms with van der Waals surface area (Å²) in [6.07, 6.45) is -3.72. The molecule has 3 rings (SSSR count).